The normalized spacial score (nSPS) is 12.3. The van der Waals surface area contributed by atoms with Gasteiger partial charge in [0.25, 0.3) is 0 Å². The Hall–Kier alpha value is -1.03. The Morgan fingerprint density at radius 2 is 1.81 bits per heavy atom. The van der Waals surface area contributed by atoms with E-state index in [2.05, 4.69) is 15.9 Å². The molecule has 16 heavy (non-hydrogen) atoms. The van der Waals surface area contributed by atoms with E-state index in [0.29, 0.717) is 5.75 Å². The molecule has 0 bridgehead atoms. The zero-order chi connectivity index (χ0) is 12.1. The second-order valence-electron chi connectivity index (χ2n) is 3.76. The quantitative estimate of drug-likeness (QED) is 0.798. The highest BCUT2D eigenvalue weighted by Crippen LogP contribution is 2.19. The minimum absolute atomic E-state index is 0.0658. The van der Waals surface area contributed by atoms with E-state index in [1.54, 1.807) is 0 Å². The maximum atomic E-state index is 11.5. The van der Waals surface area contributed by atoms with Crippen LogP contribution in [0.25, 0.3) is 0 Å². The molecule has 0 heterocycles. The summed E-state index contributed by atoms with van der Waals surface area (Å²) in [6.07, 6.45) is -0.564. The Balaban J connectivity index is 2.75. The van der Waals surface area contributed by atoms with E-state index < -0.39 is 6.10 Å². The lowest BCUT2D eigenvalue weighted by Crippen LogP contribution is -2.33. The number of methoxy groups -OCH3 is 1. The van der Waals surface area contributed by atoms with E-state index in [0.717, 1.165) is 4.47 Å². The van der Waals surface area contributed by atoms with Crippen molar-refractivity contribution in [1.29, 1.82) is 0 Å². The van der Waals surface area contributed by atoms with Gasteiger partial charge in [-0.15, -0.1) is 0 Å². The summed E-state index contributed by atoms with van der Waals surface area (Å²) in [5.74, 6) is 0.376. The van der Waals surface area contributed by atoms with Gasteiger partial charge in [0.15, 0.2) is 6.10 Å². The molecule has 1 aromatic rings. The first-order chi connectivity index (χ1) is 7.54. The molecule has 1 atom stereocenters. The Labute approximate surface area is 104 Å². The third-order valence-electron chi connectivity index (χ3n) is 2.12. The van der Waals surface area contributed by atoms with Crippen molar-refractivity contribution in [2.75, 3.05) is 7.11 Å². The van der Waals surface area contributed by atoms with Crippen LogP contribution >= 0.6 is 15.9 Å². The van der Waals surface area contributed by atoms with E-state index in [9.17, 15) is 4.79 Å². The van der Waals surface area contributed by atoms with Crippen LogP contribution in [0.5, 0.6) is 5.75 Å². The summed E-state index contributed by atoms with van der Waals surface area (Å²) in [7, 11) is 1.36. The van der Waals surface area contributed by atoms with Crippen molar-refractivity contribution in [3.63, 3.8) is 0 Å². The highest BCUT2D eigenvalue weighted by molar-refractivity contribution is 9.10. The minimum atomic E-state index is -0.564. The third kappa shape index (κ3) is 3.52. The van der Waals surface area contributed by atoms with Crippen LogP contribution in [-0.2, 0) is 9.53 Å². The van der Waals surface area contributed by atoms with Gasteiger partial charge < -0.3 is 9.47 Å². The molecular formula is C12H15BrO3. The molecule has 3 nitrogen and oxygen atoms in total. The maximum Gasteiger partial charge on any atom is 0.347 e. The van der Waals surface area contributed by atoms with E-state index >= 15 is 0 Å². The average molecular weight is 287 g/mol. The van der Waals surface area contributed by atoms with Crippen LogP contribution in [0.2, 0.25) is 0 Å². The lowest BCUT2D eigenvalue weighted by molar-refractivity contribution is -0.150. The number of carbonyl (C=O) groups is 1. The van der Waals surface area contributed by atoms with Crippen molar-refractivity contribution in [3.05, 3.63) is 28.7 Å². The first kappa shape index (κ1) is 13.0. The first-order valence-electron chi connectivity index (χ1n) is 5.04. The van der Waals surface area contributed by atoms with E-state index in [4.69, 9.17) is 9.47 Å². The Morgan fingerprint density at radius 1 is 1.25 bits per heavy atom. The fourth-order valence-electron chi connectivity index (χ4n) is 1.23. The SMILES string of the molecule is COC(=O)C(Oc1ccc(Br)cc1)C(C)C. The number of carbonyl (C=O) groups excluding carboxylic acids is 1. The number of hydrogen-bond acceptors (Lipinski definition) is 3. The molecule has 0 aliphatic heterocycles. The molecule has 1 aromatic carbocycles. The Kier molecular flexibility index (Phi) is 4.80. The van der Waals surface area contributed by atoms with Crippen molar-refractivity contribution < 1.29 is 14.3 Å². The van der Waals surface area contributed by atoms with Gasteiger partial charge in [0.2, 0.25) is 0 Å². The van der Waals surface area contributed by atoms with Gasteiger partial charge in [0.05, 0.1) is 7.11 Å². The van der Waals surface area contributed by atoms with Crippen LogP contribution in [0.3, 0.4) is 0 Å². The zero-order valence-corrected chi connectivity index (χ0v) is 11.2. The molecule has 0 radical (unpaired) electrons. The number of hydrogen-bond donors (Lipinski definition) is 0. The van der Waals surface area contributed by atoms with E-state index in [1.165, 1.54) is 7.11 Å². The maximum absolute atomic E-state index is 11.5. The third-order valence-corrected chi connectivity index (χ3v) is 2.64. The van der Waals surface area contributed by atoms with Crippen LogP contribution in [0, 0.1) is 5.92 Å². The summed E-state index contributed by atoms with van der Waals surface area (Å²) in [6.45, 7) is 3.83. The second kappa shape index (κ2) is 5.89. The second-order valence-corrected chi connectivity index (χ2v) is 4.68. The van der Waals surface area contributed by atoms with E-state index in [-0.39, 0.29) is 11.9 Å². The topological polar surface area (TPSA) is 35.5 Å². The molecule has 0 spiro atoms. The van der Waals surface area contributed by atoms with Gasteiger partial charge in [-0.1, -0.05) is 29.8 Å². The summed E-state index contributed by atoms with van der Waals surface area (Å²) in [5, 5.41) is 0. The first-order valence-corrected chi connectivity index (χ1v) is 5.84. The molecule has 0 fully saturated rings. The van der Waals surface area contributed by atoms with Crippen molar-refractivity contribution in [2.45, 2.75) is 20.0 Å². The Morgan fingerprint density at radius 3 is 2.25 bits per heavy atom. The number of ether oxygens (including phenoxy) is 2. The lowest BCUT2D eigenvalue weighted by Gasteiger charge is -2.19. The van der Waals surface area contributed by atoms with Gasteiger partial charge in [-0.3, -0.25) is 0 Å². The van der Waals surface area contributed by atoms with Gasteiger partial charge in [0.1, 0.15) is 5.75 Å². The standard InChI is InChI=1S/C12H15BrO3/c1-8(2)11(12(14)15-3)16-10-6-4-9(13)5-7-10/h4-8,11H,1-3H3. The molecule has 0 aliphatic rings. The zero-order valence-electron chi connectivity index (χ0n) is 9.57. The summed E-state index contributed by atoms with van der Waals surface area (Å²) in [6, 6.07) is 7.35. The van der Waals surface area contributed by atoms with Crippen LogP contribution in [0.15, 0.2) is 28.7 Å². The smallest absolute Gasteiger partial charge is 0.347 e. The van der Waals surface area contributed by atoms with Crippen LogP contribution in [0.4, 0.5) is 0 Å². The Bertz CT molecular complexity index is 346. The molecule has 0 aliphatic carbocycles. The highest BCUT2D eigenvalue weighted by Gasteiger charge is 2.24. The summed E-state index contributed by atoms with van der Waals surface area (Å²) >= 11 is 3.34. The van der Waals surface area contributed by atoms with Crippen LogP contribution < -0.4 is 4.74 Å². The number of benzene rings is 1. The molecule has 1 unspecified atom stereocenters. The van der Waals surface area contributed by atoms with Crippen LogP contribution in [-0.4, -0.2) is 19.2 Å². The summed E-state index contributed by atoms with van der Waals surface area (Å²) < 4.78 is 11.3. The molecule has 88 valence electrons. The van der Waals surface area contributed by atoms with Gasteiger partial charge in [0, 0.05) is 10.4 Å². The van der Waals surface area contributed by atoms with Crippen LogP contribution in [0.1, 0.15) is 13.8 Å². The van der Waals surface area contributed by atoms with Crippen molar-refractivity contribution in [1.82, 2.24) is 0 Å². The predicted octanol–water partition coefficient (Wildman–Crippen LogP) is 3.03. The van der Waals surface area contributed by atoms with Gasteiger partial charge >= 0.3 is 5.97 Å². The molecule has 0 N–H and O–H groups in total. The molecule has 0 aromatic heterocycles. The summed E-state index contributed by atoms with van der Waals surface area (Å²) in [5.41, 5.74) is 0. The van der Waals surface area contributed by atoms with Crippen molar-refractivity contribution in [3.8, 4) is 5.75 Å². The molecule has 0 saturated carbocycles. The van der Waals surface area contributed by atoms with E-state index in [1.807, 2.05) is 38.1 Å². The molecular weight excluding hydrogens is 272 g/mol. The minimum Gasteiger partial charge on any atom is -0.478 e. The van der Waals surface area contributed by atoms with Gasteiger partial charge in [-0.25, -0.2) is 4.79 Å². The fourth-order valence-corrected chi connectivity index (χ4v) is 1.50. The molecule has 0 saturated heterocycles. The largest absolute Gasteiger partial charge is 0.478 e. The monoisotopic (exact) mass is 286 g/mol. The average Bonchev–Trinajstić information content (AvgIpc) is 2.27. The number of halogens is 1. The van der Waals surface area contributed by atoms with Gasteiger partial charge in [-0.05, 0) is 24.3 Å². The molecule has 1 rings (SSSR count). The van der Waals surface area contributed by atoms with Gasteiger partial charge in [-0.2, -0.15) is 0 Å². The highest BCUT2D eigenvalue weighted by atomic mass is 79.9. The molecule has 4 heteroatoms. The number of rotatable bonds is 4. The predicted molar refractivity (Wildman–Crippen MR) is 65.4 cm³/mol. The fraction of sp³-hybridized carbons (Fsp3) is 0.417. The number of esters is 1. The van der Waals surface area contributed by atoms with Crippen molar-refractivity contribution >= 4 is 21.9 Å². The van der Waals surface area contributed by atoms with Crippen molar-refractivity contribution in [2.24, 2.45) is 5.92 Å². The lowest BCUT2D eigenvalue weighted by atomic mass is 10.1. The summed E-state index contributed by atoms with van der Waals surface area (Å²) in [4.78, 5) is 11.5. The molecule has 0 amide bonds.